The predicted molar refractivity (Wildman–Crippen MR) is 76.4 cm³/mol. The number of ether oxygens (including phenoxy) is 1. The normalized spacial score (nSPS) is 10.4. The van der Waals surface area contributed by atoms with Crippen molar-refractivity contribution in [2.75, 3.05) is 6.61 Å². The second-order valence-electron chi connectivity index (χ2n) is 4.83. The first-order chi connectivity index (χ1) is 10.1. The van der Waals surface area contributed by atoms with Crippen molar-refractivity contribution in [1.82, 2.24) is 0 Å². The molecule has 2 aromatic rings. The fourth-order valence-corrected chi connectivity index (χ4v) is 1.97. The number of halogens is 2. The maximum atomic E-state index is 13.4. The minimum Gasteiger partial charge on any atom is -0.493 e. The standard InChI is InChI=1S/C17H16F2O2/c1-12-4-2-5-14(10-12)21-9-8-13(20)11-15-16(18)6-3-7-17(15)19/h2-7,10H,8-9,11H2,1H3. The Labute approximate surface area is 122 Å². The Kier molecular flexibility index (Phi) is 5.04. The first-order valence-corrected chi connectivity index (χ1v) is 6.70. The lowest BCUT2D eigenvalue weighted by Crippen LogP contribution is -2.11. The van der Waals surface area contributed by atoms with E-state index >= 15 is 0 Å². The van der Waals surface area contributed by atoms with Crippen LogP contribution in [0.25, 0.3) is 0 Å². The molecule has 0 aromatic heterocycles. The fraction of sp³-hybridized carbons (Fsp3) is 0.235. The molecule has 0 amide bonds. The zero-order valence-electron chi connectivity index (χ0n) is 11.7. The predicted octanol–water partition coefficient (Wildman–Crippen LogP) is 3.85. The molecule has 0 spiro atoms. The minimum absolute atomic E-state index is 0.113. The van der Waals surface area contributed by atoms with Gasteiger partial charge < -0.3 is 4.74 Å². The van der Waals surface area contributed by atoms with Gasteiger partial charge in [-0.3, -0.25) is 4.79 Å². The van der Waals surface area contributed by atoms with E-state index in [2.05, 4.69) is 0 Å². The lowest BCUT2D eigenvalue weighted by Gasteiger charge is -2.07. The summed E-state index contributed by atoms with van der Waals surface area (Å²) in [4.78, 5) is 11.8. The molecule has 2 rings (SSSR count). The van der Waals surface area contributed by atoms with Gasteiger partial charge in [-0.05, 0) is 36.8 Å². The molecule has 0 heterocycles. The smallest absolute Gasteiger partial charge is 0.140 e. The molecule has 110 valence electrons. The molecule has 4 heteroatoms. The van der Waals surface area contributed by atoms with Gasteiger partial charge in [0.2, 0.25) is 0 Å². The van der Waals surface area contributed by atoms with Crippen LogP contribution in [0.5, 0.6) is 5.75 Å². The summed E-state index contributed by atoms with van der Waals surface area (Å²) < 4.78 is 32.3. The van der Waals surface area contributed by atoms with Gasteiger partial charge in [0.05, 0.1) is 6.61 Å². The van der Waals surface area contributed by atoms with Crippen LogP contribution in [0.2, 0.25) is 0 Å². The molecule has 2 aromatic carbocycles. The van der Waals surface area contributed by atoms with Crippen LogP contribution in [0, 0.1) is 18.6 Å². The summed E-state index contributed by atoms with van der Waals surface area (Å²) in [5.41, 5.74) is 0.880. The summed E-state index contributed by atoms with van der Waals surface area (Å²) in [6, 6.07) is 11.0. The molecule has 0 aliphatic rings. The zero-order chi connectivity index (χ0) is 15.2. The van der Waals surface area contributed by atoms with Crippen LogP contribution in [0.3, 0.4) is 0 Å². The van der Waals surface area contributed by atoms with E-state index in [9.17, 15) is 13.6 Å². The highest BCUT2D eigenvalue weighted by molar-refractivity contribution is 5.81. The number of hydrogen-bond donors (Lipinski definition) is 0. The topological polar surface area (TPSA) is 26.3 Å². The monoisotopic (exact) mass is 290 g/mol. The second-order valence-corrected chi connectivity index (χ2v) is 4.83. The molecule has 0 aliphatic heterocycles. The highest BCUT2D eigenvalue weighted by Crippen LogP contribution is 2.15. The first-order valence-electron chi connectivity index (χ1n) is 6.70. The Bertz CT molecular complexity index is 618. The summed E-state index contributed by atoms with van der Waals surface area (Å²) in [6.07, 6.45) is -0.141. The molecule has 0 bridgehead atoms. The molecule has 0 saturated heterocycles. The molecule has 0 aliphatic carbocycles. The van der Waals surface area contributed by atoms with Crippen molar-refractivity contribution in [3.63, 3.8) is 0 Å². The van der Waals surface area contributed by atoms with Crippen molar-refractivity contribution in [2.24, 2.45) is 0 Å². The molecule has 0 saturated carbocycles. The third-order valence-corrected chi connectivity index (χ3v) is 3.07. The van der Waals surface area contributed by atoms with Gasteiger partial charge in [-0.15, -0.1) is 0 Å². The van der Waals surface area contributed by atoms with Crippen molar-refractivity contribution in [3.8, 4) is 5.75 Å². The third-order valence-electron chi connectivity index (χ3n) is 3.07. The van der Waals surface area contributed by atoms with Crippen LogP contribution in [-0.2, 0) is 11.2 Å². The number of benzene rings is 2. The highest BCUT2D eigenvalue weighted by Gasteiger charge is 2.13. The van der Waals surface area contributed by atoms with Crippen molar-refractivity contribution in [2.45, 2.75) is 19.8 Å². The van der Waals surface area contributed by atoms with Crippen LogP contribution < -0.4 is 4.74 Å². The van der Waals surface area contributed by atoms with Crippen molar-refractivity contribution < 1.29 is 18.3 Å². The molecule has 0 radical (unpaired) electrons. The van der Waals surface area contributed by atoms with Gasteiger partial charge >= 0.3 is 0 Å². The minimum atomic E-state index is -0.692. The number of ketones is 1. The van der Waals surface area contributed by atoms with Gasteiger partial charge in [0.15, 0.2) is 0 Å². The van der Waals surface area contributed by atoms with Gasteiger partial charge in [-0.25, -0.2) is 8.78 Å². The zero-order valence-corrected chi connectivity index (χ0v) is 11.7. The molecular weight excluding hydrogens is 274 g/mol. The van der Waals surface area contributed by atoms with Gasteiger partial charge in [0, 0.05) is 18.4 Å². The van der Waals surface area contributed by atoms with E-state index in [-0.39, 0.29) is 30.8 Å². The van der Waals surface area contributed by atoms with E-state index in [0.29, 0.717) is 5.75 Å². The van der Waals surface area contributed by atoms with E-state index < -0.39 is 11.6 Å². The Morgan fingerprint density at radius 2 is 1.76 bits per heavy atom. The maximum absolute atomic E-state index is 13.4. The molecule has 0 N–H and O–H groups in total. The SMILES string of the molecule is Cc1cccc(OCCC(=O)Cc2c(F)cccc2F)c1. The summed E-state index contributed by atoms with van der Waals surface area (Å²) in [6.45, 7) is 2.14. The average Bonchev–Trinajstić information content (AvgIpc) is 2.43. The molecule has 0 unspecified atom stereocenters. The van der Waals surface area contributed by atoms with E-state index in [1.165, 1.54) is 6.07 Å². The second kappa shape index (κ2) is 6.97. The van der Waals surface area contributed by atoms with Gasteiger partial charge in [0.1, 0.15) is 23.2 Å². The number of aryl methyl sites for hydroxylation is 1. The van der Waals surface area contributed by atoms with E-state index in [0.717, 1.165) is 17.7 Å². The fourth-order valence-electron chi connectivity index (χ4n) is 1.97. The average molecular weight is 290 g/mol. The number of Topliss-reactive ketones (excluding diaryl/α,β-unsaturated/α-hetero) is 1. The number of rotatable bonds is 6. The van der Waals surface area contributed by atoms with E-state index in [4.69, 9.17) is 4.74 Å². The van der Waals surface area contributed by atoms with Gasteiger partial charge in [-0.1, -0.05) is 18.2 Å². The number of carbonyl (C=O) groups excluding carboxylic acids is 1. The Balaban J connectivity index is 1.85. The van der Waals surface area contributed by atoms with Crippen LogP contribution >= 0.6 is 0 Å². The molecule has 0 atom stereocenters. The van der Waals surface area contributed by atoms with E-state index in [1.54, 1.807) is 6.07 Å². The molecular formula is C17H16F2O2. The van der Waals surface area contributed by atoms with Crippen molar-refractivity contribution in [3.05, 3.63) is 65.2 Å². The summed E-state index contributed by atoms with van der Waals surface area (Å²) >= 11 is 0. The van der Waals surface area contributed by atoms with Crippen LogP contribution in [-0.4, -0.2) is 12.4 Å². The van der Waals surface area contributed by atoms with Crippen LogP contribution in [0.1, 0.15) is 17.5 Å². The van der Waals surface area contributed by atoms with Crippen LogP contribution in [0.15, 0.2) is 42.5 Å². The highest BCUT2D eigenvalue weighted by atomic mass is 19.1. The maximum Gasteiger partial charge on any atom is 0.140 e. The lowest BCUT2D eigenvalue weighted by molar-refractivity contribution is -0.119. The van der Waals surface area contributed by atoms with Gasteiger partial charge in [0.25, 0.3) is 0 Å². The number of carbonyl (C=O) groups is 1. The summed E-state index contributed by atoms with van der Waals surface area (Å²) in [7, 11) is 0. The molecule has 21 heavy (non-hydrogen) atoms. The largest absolute Gasteiger partial charge is 0.493 e. The van der Waals surface area contributed by atoms with Crippen molar-refractivity contribution in [1.29, 1.82) is 0 Å². The van der Waals surface area contributed by atoms with Crippen LogP contribution in [0.4, 0.5) is 8.78 Å². The number of hydrogen-bond acceptors (Lipinski definition) is 2. The van der Waals surface area contributed by atoms with Gasteiger partial charge in [-0.2, -0.15) is 0 Å². The van der Waals surface area contributed by atoms with Crippen molar-refractivity contribution >= 4 is 5.78 Å². The summed E-state index contributed by atoms with van der Waals surface area (Å²) in [5, 5.41) is 0. The molecule has 0 fully saturated rings. The Morgan fingerprint density at radius 1 is 1.10 bits per heavy atom. The first kappa shape index (κ1) is 15.2. The summed E-state index contributed by atoms with van der Waals surface area (Å²) in [5.74, 6) is -0.961. The Hall–Kier alpha value is -2.23. The third kappa shape index (κ3) is 4.38. The van der Waals surface area contributed by atoms with E-state index in [1.807, 2.05) is 25.1 Å². The lowest BCUT2D eigenvalue weighted by atomic mass is 10.1. The Morgan fingerprint density at radius 3 is 2.43 bits per heavy atom. The quantitative estimate of drug-likeness (QED) is 0.807. The molecule has 2 nitrogen and oxygen atoms in total.